The molecule has 0 bridgehead atoms. The fourth-order valence-corrected chi connectivity index (χ4v) is 4.16. The maximum absolute atomic E-state index is 13.2. The number of carbonyl (C=O) groups is 1. The van der Waals surface area contributed by atoms with Gasteiger partial charge in [-0.1, -0.05) is 22.9 Å². The zero-order valence-corrected chi connectivity index (χ0v) is 19.9. The highest BCUT2D eigenvalue weighted by Gasteiger charge is 2.13. The van der Waals surface area contributed by atoms with E-state index in [1.807, 2.05) is 0 Å². The second-order valence-electron chi connectivity index (χ2n) is 7.04. The van der Waals surface area contributed by atoms with Crippen LogP contribution in [-0.2, 0) is 0 Å². The largest absolute Gasteiger partial charge is 0.497 e. The molecule has 0 fully saturated rings. The van der Waals surface area contributed by atoms with Gasteiger partial charge >= 0.3 is 0 Å². The first kappa shape index (κ1) is 23.3. The third-order valence-corrected chi connectivity index (χ3v) is 6.05. The molecule has 0 saturated carbocycles. The van der Waals surface area contributed by atoms with Crippen LogP contribution in [0.15, 0.2) is 88.6 Å². The van der Waals surface area contributed by atoms with Gasteiger partial charge in [0.15, 0.2) is 4.80 Å². The van der Waals surface area contributed by atoms with Crippen molar-refractivity contribution in [2.75, 3.05) is 19.5 Å². The van der Waals surface area contributed by atoms with Crippen LogP contribution in [0.1, 0.15) is 9.67 Å². The van der Waals surface area contributed by atoms with Gasteiger partial charge in [-0.15, -0.1) is 0 Å². The van der Waals surface area contributed by atoms with Crippen molar-refractivity contribution in [3.8, 4) is 17.2 Å². The molecule has 0 saturated heterocycles. The minimum Gasteiger partial charge on any atom is -0.497 e. The Labute approximate surface area is 204 Å². The van der Waals surface area contributed by atoms with Crippen molar-refractivity contribution in [3.63, 3.8) is 0 Å². The Morgan fingerprint density at radius 1 is 0.912 bits per heavy atom. The summed E-state index contributed by atoms with van der Waals surface area (Å²) in [5.74, 6) is 0.928. The van der Waals surface area contributed by atoms with E-state index in [2.05, 4.69) is 10.3 Å². The molecule has 3 aromatic carbocycles. The fourth-order valence-electron chi connectivity index (χ4n) is 3.09. The predicted octanol–water partition coefficient (Wildman–Crippen LogP) is 5.05. The average Bonchev–Trinajstić information content (AvgIpc) is 2.86. The van der Waals surface area contributed by atoms with Crippen LogP contribution in [0.3, 0.4) is 0 Å². The lowest BCUT2D eigenvalue weighted by Crippen LogP contribution is -2.31. The first-order chi connectivity index (χ1) is 16.5. The van der Waals surface area contributed by atoms with Gasteiger partial charge in [0.25, 0.3) is 11.5 Å². The molecule has 0 atom stereocenters. The minimum absolute atomic E-state index is 0.219. The second kappa shape index (κ2) is 10.4. The van der Waals surface area contributed by atoms with E-state index in [1.165, 1.54) is 10.6 Å². The molecule has 0 aliphatic carbocycles. The summed E-state index contributed by atoms with van der Waals surface area (Å²) in [6.07, 6.45) is 0. The number of benzene rings is 3. The lowest BCUT2D eigenvalue weighted by Gasteiger charge is -2.10. The number of rotatable bonds is 6. The Kier molecular flexibility index (Phi) is 7.10. The van der Waals surface area contributed by atoms with E-state index < -0.39 is 11.5 Å². The molecule has 1 heterocycles. The maximum atomic E-state index is 13.2. The number of amides is 1. The van der Waals surface area contributed by atoms with Crippen LogP contribution in [0.2, 0.25) is 5.02 Å². The van der Waals surface area contributed by atoms with Crippen molar-refractivity contribution < 1.29 is 14.3 Å². The molecule has 9 heteroatoms. The number of nitrogens with zero attached hydrogens (tertiary/aromatic N) is 2. The minimum atomic E-state index is -0.419. The molecule has 1 aromatic heterocycles. The maximum Gasteiger partial charge on any atom is 0.266 e. The first-order valence-electron chi connectivity index (χ1n) is 10.1. The number of methoxy groups -OCH3 is 2. The number of halogens is 1. The second-order valence-corrected chi connectivity index (χ2v) is 8.48. The highest BCUT2D eigenvalue weighted by Crippen LogP contribution is 2.19. The summed E-state index contributed by atoms with van der Waals surface area (Å²) in [4.78, 5) is 31.3. The van der Waals surface area contributed by atoms with Crippen molar-refractivity contribution >= 4 is 40.2 Å². The van der Waals surface area contributed by atoms with Crippen molar-refractivity contribution in [3.05, 3.63) is 104 Å². The van der Waals surface area contributed by atoms with Crippen LogP contribution in [0.4, 0.5) is 11.4 Å². The molecule has 4 rings (SSSR count). The number of aromatic nitrogens is 1. The van der Waals surface area contributed by atoms with E-state index in [0.29, 0.717) is 38.4 Å². The van der Waals surface area contributed by atoms with Gasteiger partial charge in [0.2, 0.25) is 0 Å². The van der Waals surface area contributed by atoms with Crippen LogP contribution in [0.25, 0.3) is 5.69 Å². The standard InChI is InChI=1S/C25H20ClN3O4S/c1-32-20-11-7-18(8-12-20)28-25-29(19-9-13-21(33-2)14-10-19)23(30)15-22(34-25)24(31)27-17-5-3-16(26)4-6-17/h3-15H,1-2H3,(H,27,31). The summed E-state index contributed by atoms with van der Waals surface area (Å²) < 4.78 is 11.9. The van der Waals surface area contributed by atoms with Gasteiger partial charge < -0.3 is 14.8 Å². The molecule has 0 unspecified atom stereocenters. The Hall–Kier alpha value is -3.88. The summed E-state index contributed by atoms with van der Waals surface area (Å²) in [7, 11) is 3.15. The third-order valence-electron chi connectivity index (χ3n) is 4.82. The van der Waals surface area contributed by atoms with Crippen LogP contribution in [0, 0.1) is 0 Å². The molecule has 0 radical (unpaired) electrons. The van der Waals surface area contributed by atoms with Crippen molar-refractivity contribution in [2.45, 2.75) is 0 Å². The molecule has 4 aromatic rings. The van der Waals surface area contributed by atoms with E-state index in [1.54, 1.807) is 87.0 Å². The van der Waals surface area contributed by atoms with Gasteiger partial charge in [-0.3, -0.25) is 14.2 Å². The topological polar surface area (TPSA) is 81.9 Å². The van der Waals surface area contributed by atoms with Crippen LogP contribution >= 0.6 is 22.9 Å². The van der Waals surface area contributed by atoms with E-state index in [-0.39, 0.29) is 4.88 Å². The molecular weight excluding hydrogens is 474 g/mol. The lowest BCUT2D eigenvalue weighted by molar-refractivity contribution is 0.103. The van der Waals surface area contributed by atoms with Gasteiger partial charge in [-0.05, 0) is 72.8 Å². The smallest absolute Gasteiger partial charge is 0.266 e. The lowest BCUT2D eigenvalue weighted by atomic mass is 10.3. The number of hydrogen-bond donors (Lipinski definition) is 1. The number of carbonyl (C=O) groups excluding carboxylic acids is 1. The number of hydrogen-bond acceptors (Lipinski definition) is 6. The summed E-state index contributed by atoms with van der Waals surface area (Å²) in [6.45, 7) is 0. The molecule has 1 N–H and O–H groups in total. The summed E-state index contributed by atoms with van der Waals surface area (Å²) in [5, 5.41) is 3.34. The van der Waals surface area contributed by atoms with E-state index >= 15 is 0 Å². The van der Waals surface area contributed by atoms with Gasteiger partial charge in [0.05, 0.1) is 25.6 Å². The highest BCUT2D eigenvalue weighted by molar-refractivity contribution is 7.11. The van der Waals surface area contributed by atoms with E-state index in [4.69, 9.17) is 21.1 Å². The first-order valence-corrected chi connectivity index (χ1v) is 11.3. The van der Waals surface area contributed by atoms with E-state index in [0.717, 1.165) is 11.3 Å². The third kappa shape index (κ3) is 5.36. The zero-order chi connectivity index (χ0) is 24.1. The molecular formula is C25H20ClN3O4S. The Morgan fingerprint density at radius 3 is 2.09 bits per heavy atom. The average molecular weight is 494 g/mol. The predicted molar refractivity (Wildman–Crippen MR) is 134 cm³/mol. The summed E-state index contributed by atoms with van der Waals surface area (Å²) in [5.41, 5.74) is 1.37. The molecule has 34 heavy (non-hydrogen) atoms. The zero-order valence-electron chi connectivity index (χ0n) is 18.3. The van der Waals surface area contributed by atoms with Crippen LogP contribution in [0.5, 0.6) is 11.5 Å². The normalized spacial score (nSPS) is 11.2. The molecule has 7 nitrogen and oxygen atoms in total. The molecule has 0 spiro atoms. The van der Waals surface area contributed by atoms with Gasteiger partial charge in [0, 0.05) is 16.8 Å². The number of anilines is 1. The van der Waals surface area contributed by atoms with Crippen molar-refractivity contribution in [1.29, 1.82) is 0 Å². The fraction of sp³-hybridized carbons (Fsp3) is 0.0800. The monoisotopic (exact) mass is 493 g/mol. The molecule has 172 valence electrons. The molecule has 0 aliphatic heterocycles. The number of ether oxygens (including phenoxy) is 2. The van der Waals surface area contributed by atoms with Crippen molar-refractivity contribution in [1.82, 2.24) is 4.57 Å². The quantitative estimate of drug-likeness (QED) is 0.407. The van der Waals surface area contributed by atoms with Crippen LogP contribution < -0.4 is 25.2 Å². The van der Waals surface area contributed by atoms with Gasteiger partial charge in [-0.2, -0.15) is 0 Å². The Balaban J connectivity index is 1.82. The SMILES string of the molecule is COc1ccc(N=c2sc(C(=O)Nc3ccc(Cl)cc3)cc(=O)n2-c2ccc(OC)cc2)cc1. The van der Waals surface area contributed by atoms with Gasteiger partial charge in [-0.25, -0.2) is 4.99 Å². The van der Waals surface area contributed by atoms with Gasteiger partial charge in [0.1, 0.15) is 16.4 Å². The Bertz CT molecular complexity index is 1430. The summed E-state index contributed by atoms with van der Waals surface area (Å²) in [6, 6.07) is 22.1. The van der Waals surface area contributed by atoms with E-state index in [9.17, 15) is 9.59 Å². The highest BCUT2D eigenvalue weighted by atomic mass is 35.5. The van der Waals surface area contributed by atoms with Crippen molar-refractivity contribution in [2.24, 2.45) is 4.99 Å². The molecule has 0 aliphatic rings. The molecule has 1 amide bonds. The Morgan fingerprint density at radius 2 is 1.50 bits per heavy atom. The summed E-state index contributed by atoms with van der Waals surface area (Å²) >= 11 is 7.01. The van der Waals surface area contributed by atoms with Crippen LogP contribution in [-0.4, -0.2) is 24.7 Å². The number of nitrogens with one attached hydrogen (secondary N) is 1.